The van der Waals surface area contributed by atoms with Gasteiger partial charge in [-0.05, 0) is 42.0 Å². The summed E-state index contributed by atoms with van der Waals surface area (Å²) in [6.07, 6.45) is 3.25. The van der Waals surface area contributed by atoms with Crippen LogP contribution in [-0.4, -0.2) is 39.3 Å². The van der Waals surface area contributed by atoms with Crippen molar-refractivity contribution in [1.82, 2.24) is 0 Å². The van der Waals surface area contributed by atoms with Gasteiger partial charge in [0.05, 0.1) is 31.7 Å². The maximum absolute atomic E-state index is 12.4. The highest BCUT2D eigenvalue weighted by Crippen LogP contribution is 2.30. The van der Waals surface area contributed by atoms with Gasteiger partial charge >= 0.3 is 0 Å². The Balaban J connectivity index is 1.73. The van der Waals surface area contributed by atoms with Crippen LogP contribution in [0.3, 0.4) is 0 Å². The monoisotopic (exact) mass is 372 g/mol. The largest absolute Gasteiger partial charge is 0.497 e. The van der Waals surface area contributed by atoms with Crippen LogP contribution in [-0.2, 0) is 9.53 Å². The van der Waals surface area contributed by atoms with Gasteiger partial charge in [-0.1, -0.05) is 23.7 Å². The molecule has 1 fully saturated rings. The van der Waals surface area contributed by atoms with E-state index < -0.39 is 0 Å². The normalized spacial score (nSPS) is 14.5. The first-order chi connectivity index (χ1) is 12.7. The smallest absolute Gasteiger partial charge is 0.248 e. The van der Waals surface area contributed by atoms with E-state index in [4.69, 9.17) is 21.1 Å². The van der Waals surface area contributed by atoms with Gasteiger partial charge in [-0.2, -0.15) is 0 Å². The van der Waals surface area contributed by atoms with E-state index in [1.54, 1.807) is 19.3 Å². The second-order valence-electron chi connectivity index (χ2n) is 5.86. The van der Waals surface area contributed by atoms with Crippen LogP contribution in [0.4, 0.5) is 11.4 Å². The topological polar surface area (TPSA) is 50.8 Å². The Morgan fingerprint density at radius 2 is 2.04 bits per heavy atom. The third kappa shape index (κ3) is 4.77. The number of nitrogens with zero attached hydrogens (tertiary/aromatic N) is 1. The number of anilines is 2. The molecule has 0 bridgehead atoms. The lowest BCUT2D eigenvalue weighted by Gasteiger charge is -2.30. The predicted molar refractivity (Wildman–Crippen MR) is 105 cm³/mol. The van der Waals surface area contributed by atoms with Gasteiger partial charge in [-0.25, -0.2) is 0 Å². The molecule has 3 rings (SSSR count). The summed E-state index contributed by atoms with van der Waals surface area (Å²) in [4.78, 5) is 14.6. The van der Waals surface area contributed by atoms with Crippen LogP contribution < -0.4 is 15.0 Å². The molecule has 26 heavy (non-hydrogen) atoms. The van der Waals surface area contributed by atoms with Gasteiger partial charge in [-0.15, -0.1) is 0 Å². The van der Waals surface area contributed by atoms with Crippen molar-refractivity contribution in [2.24, 2.45) is 0 Å². The molecule has 2 aromatic rings. The highest BCUT2D eigenvalue weighted by atomic mass is 35.5. The molecule has 136 valence electrons. The number of hydrogen-bond acceptors (Lipinski definition) is 4. The summed E-state index contributed by atoms with van der Waals surface area (Å²) in [7, 11) is 1.61. The first-order valence-electron chi connectivity index (χ1n) is 8.41. The van der Waals surface area contributed by atoms with Crippen LogP contribution in [0, 0.1) is 0 Å². The Morgan fingerprint density at radius 3 is 2.81 bits per heavy atom. The molecule has 0 radical (unpaired) electrons. The third-order valence-electron chi connectivity index (χ3n) is 4.09. The van der Waals surface area contributed by atoms with E-state index in [1.807, 2.05) is 36.4 Å². The number of benzene rings is 2. The first kappa shape index (κ1) is 18.3. The number of morpholine rings is 1. The minimum atomic E-state index is -0.218. The molecule has 0 unspecified atom stereocenters. The Bertz CT molecular complexity index is 801. The van der Waals surface area contributed by atoms with Gasteiger partial charge in [0.1, 0.15) is 5.75 Å². The maximum Gasteiger partial charge on any atom is 0.248 e. The van der Waals surface area contributed by atoms with E-state index in [9.17, 15) is 4.79 Å². The van der Waals surface area contributed by atoms with Gasteiger partial charge in [0.15, 0.2) is 0 Å². The molecule has 0 aliphatic carbocycles. The van der Waals surface area contributed by atoms with Crippen molar-refractivity contribution in [3.05, 3.63) is 59.1 Å². The number of carbonyl (C=O) groups is 1. The van der Waals surface area contributed by atoms with Crippen LogP contribution in [0.2, 0.25) is 5.02 Å². The lowest BCUT2D eigenvalue weighted by atomic mass is 10.2. The third-order valence-corrected chi connectivity index (χ3v) is 4.32. The Morgan fingerprint density at radius 1 is 1.23 bits per heavy atom. The number of nitrogens with one attached hydrogen (secondary N) is 1. The van der Waals surface area contributed by atoms with E-state index in [0.29, 0.717) is 23.9 Å². The van der Waals surface area contributed by atoms with Crippen molar-refractivity contribution >= 4 is 35.0 Å². The molecule has 6 heteroatoms. The molecule has 0 spiro atoms. The Hall–Kier alpha value is -2.50. The van der Waals surface area contributed by atoms with Crippen LogP contribution in [0.15, 0.2) is 48.5 Å². The van der Waals surface area contributed by atoms with Crippen molar-refractivity contribution in [3.8, 4) is 5.75 Å². The summed E-state index contributed by atoms with van der Waals surface area (Å²) in [5, 5.41) is 3.50. The highest BCUT2D eigenvalue weighted by molar-refractivity contribution is 6.31. The molecule has 0 atom stereocenters. The van der Waals surface area contributed by atoms with E-state index in [-0.39, 0.29) is 5.91 Å². The highest BCUT2D eigenvalue weighted by Gasteiger charge is 2.16. The predicted octanol–water partition coefficient (Wildman–Crippen LogP) is 3.84. The Kier molecular flexibility index (Phi) is 6.15. The molecular weight excluding hydrogens is 352 g/mol. The van der Waals surface area contributed by atoms with Gasteiger partial charge in [0.2, 0.25) is 5.91 Å². The summed E-state index contributed by atoms with van der Waals surface area (Å²) in [5.74, 6) is 0.529. The first-order valence-corrected chi connectivity index (χ1v) is 8.79. The minimum Gasteiger partial charge on any atom is -0.497 e. The zero-order chi connectivity index (χ0) is 18.4. The molecule has 0 aromatic heterocycles. The van der Waals surface area contributed by atoms with Gasteiger partial charge < -0.3 is 19.7 Å². The number of rotatable bonds is 5. The number of carbonyl (C=O) groups excluding carboxylic acids is 1. The fourth-order valence-corrected chi connectivity index (χ4v) is 2.95. The van der Waals surface area contributed by atoms with Gasteiger partial charge in [-0.3, -0.25) is 4.79 Å². The van der Waals surface area contributed by atoms with Gasteiger partial charge in [0, 0.05) is 24.2 Å². The van der Waals surface area contributed by atoms with E-state index >= 15 is 0 Å². The summed E-state index contributed by atoms with van der Waals surface area (Å²) >= 11 is 6.12. The van der Waals surface area contributed by atoms with Crippen molar-refractivity contribution < 1.29 is 14.3 Å². The zero-order valence-electron chi connectivity index (χ0n) is 14.6. The summed E-state index contributed by atoms with van der Waals surface area (Å²) < 4.78 is 10.6. The number of hydrogen-bond donors (Lipinski definition) is 1. The van der Waals surface area contributed by atoms with E-state index in [1.165, 1.54) is 6.08 Å². The van der Waals surface area contributed by atoms with Gasteiger partial charge in [0.25, 0.3) is 0 Å². The molecule has 0 saturated carbocycles. The summed E-state index contributed by atoms with van der Waals surface area (Å²) in [6.45, 7) is 2.91. The standard InChI is InChI=1S/C20H21ClN2O3/c1-25-17-4-2-3-15(13-17)5-8-20(24)22-18-14-16(21)6-7-19(18)23-9-11-26-12-10-23/h2-8,13-14H,9-12H2,1H3,(H,22,24). The zero-order valence-corrected chi connectivity index (χ0v) is 15.3. The van der Waals surface area contributed by atoms with E-state index in [0.717, 1.165) is 30.1 Å². The van der Waals surface area contributed by atoms with Crippen LogP contribution >= 0.6 is 11.6 Å². The molecule has 1 saturated heterocycles. The van der Waals surface area contributed by atoms with Crippen molar-refractivity contribution in [2.45, 2.75) is 0 Å². The molecule has 1 aliphatic heterocycles. The molecule has 1 aliphatic rings. The molecule has 1 heterocycles. The molecular formula is C20H21ClN2O3. The van der Waals surface area contributed by atoms with Crippen molar-refractivity contribution in [2.75, 3.05) is 43.6 Å². The summed E-state index contributed by atoms with van der Waals surface area (Å²) in [5.41, 5.74) is 2.53. The van der Waals surface area contributed by atoms with Crippen molar-refractivity contribution in [1.29, 1.82) is 0 Å². The Labute approximate surface area is 158 Å². The van der Waals surface area contributed by atoms with Crippen LogP contribution in [0.1, 0.15) is 5.56 Å². The number of amides is 1. The fraction of sp³-hybridized carbons (Fsp3) is 0.250. The molecule has 2 aromatic carbocycles. The minimum absolute atomic E-state index is 0.218. The molecule has 1 amide bonds. The summed E-state index contributed by atoms with van der Waals surface area (Å²) in [6, 6.07) is 13.0. The number of methoxy groups -OCH3 is 1. The molecule has 5 nitrogen and oxygen atoms in total. The van der Waals surface area contributed by atoms with E-state index in [2.05, 4.69) is 10.2 Å². The van der Waals surface area contributed by atoms with Crippen LogP contribution in [0.25, 0.3) is 6.08 Å². The van der Waals surface area contributed by atoms with Crippen LogP contribution in [0.5, 0.6) is 5.75 Å². The maximum atomic E-state index is 12.4. The lowest BCUT2D eigenvalue weighted by Crippen LogP contribution is -2.36. The number of halogens is 1. The molecule has 1 N–H and O–H groups in total. The SMILES string of the molecule is COc1cccc(C=CC(=O)Nc2cc(Cl)ccc2N2CCOCC2)c1. The lowest BCUT2D eigenvalue weighted by molar-refractivity contribution is -0.111. The fourth-order valence-electron chi connectivity index (χ4n) is 2.78. The quantitative estimate of drug-likeness (QED) is 0.810. The number of ether oxygens (including phenoxy) is 2. The average molecular weight is 373 g/mol. The second kappa shape index (κ2) is 8.74. The second-order valence-corrected chi connectivity index (χ2v) is 6.30. The van der Waals surface area contributed by atoms with Crippen molar-refractivity contribution in [3.63, 3.8) is 0 Å². The average Bonchev–Trinajstić information content (AvgIpc) is 2.67.